The molecule has 1 N–H and O–H groups in total. The minimum atomic E-state index is -0.433. The highest BCUT2D eigenvalue weighted by Crippen LogP contribution is 2.36. The maximum absolute atomic E-state index is 12.3. The third-order valence-electron chi connectivity index (χ3n) is 4.36. The Hall–Kier alpha value is -3.38. The molecule has 0 aliphatic carbocycles. The van der Waals surface area contributed by atoms with E-state index in [1.54, 1.807) is 49.4 Å². The Kier molecular flexibility index (Phi) is 4.05. The van der Waals surface area contributed by atoms with Crippen LogP contribution < -0.4 is 5.32 Å². The van der Waals surface area contributed by atoms with Crippen molar-refractivity contribution >= 4 is 40.5 Å². The van der Waals surface area contributed by atoms with Gasteiger partial charge in [-0.1, -0.05) is 17.7 Å². The van der Waals surface area contributed by atoms with Crippen LogP contribution in [-0.4, -0.2) is 10.8 Å². The second kappa shape index (κ2) is 6.41. The van der Waals surface area contributed by atoms with Gasteiger partial charge in [-0.3, -0.25) is 14.9 Å². The number of nitro groups is 1. The molecule has 2 heterocycles. The molecule has 0 saturated heterocycles. The van der Waals surface area contributed by atoms with Gasteiger partial charge in [-0.15, -0.1) is 0 Å². The van der Waals surface area contributed by atoms with Crippen molar-refractivity contribution in [3.05, 3.63) is 80.6 Å². The highest BCUT2D eigenvalue weighted by atomic mass is 35.5. The molecule has 0 atom stereocenters. The molecule has 1 aliphatic heterocycles. The van der Waals surface area contributed by atoms with Gasteiger partial charge in [0.2, 0.25) is 0 Å². The fourth-order valence-electron chi connectivity index (χ4n) is 3.07. The summed E-state index contributed by atoms with van der Waals surface area (Å²) in [5.74, 6) is 0.858. The summed E-state index contributed by atoms with van der Waals surface area (Å²) in [4.78, 5) is 22.7. The van der Waals surface area contributed by atoms with Crippen LogP contribution in [0.2, 0.25) is 5.02 Å². The van der Waals surface area contributed by atoms with E-state index in [-0.39, 0.29) is 11.6 Å². The van der Waals surface area contributed by atoms with Crippen LogP contribution in [0, 0.1) is 17.0 Å². The molecule has 3 aromatic rings. The molecule has 1 amide bonds. The Morgan fingerprint density at radius 3 is 2.63 bits per heavy atom. The monoisotopic (exact) mass is 380 g/mol. The number of carbonyl (C=O) groups is 1. The van der Waals surface area contributed by atoms with E-state index in [2.05, 4.69) is 5.32 Å². The summed E-state index contributed by atoms with van der Waals surface area (Å²) in [6.45, 7) is 1.79. The Bertz CT molecular complexity index is 1130. The van der Waals surface area contributed by atoms with Gasteiger partial charge in [0.15, 0.2) is 0 Å². The highest BCUT2D eigenvalue weighted by molar-refractivity contribution is 6.36. The summed E-state index contributed by atoms with van der Waals surface area (Å²) in [6.07, 6.45) is 1.67. The number of anilines is 1. The number of non-ortho nitro benzene ring substituents is 1. The first-order chi connectivity index (χ1) is 12.9. The van der Waals surface area contributed by atoms with Crippen LogP contribution in [0.15, 0.2) is 52.9 Å². The molecule has 1 aliphatic rings. The highest BCUT2D eigenvalue weighted by Gasteiger charge is 2.24. The van der Waals surface area contributed by atoms with E-state index in [0.29, 0.717) is 27.8 Å². The molecule has 134 valence electrons. The number of nitro benzene ring substituents is 1. The average Bonchev–Trinajstić information content (AvgIpc) is 3.19. The van der Waals surface area contributed by atoms with Crippen molar-refractivity contribution in [1.29, 1.82) is 0 Å². The Morgan fingerprint density at radius 1 is 1.11 bits per heavy atom. The number of hydrogen-bond donors (Lipinski definition) is 1. The molecule has 0 fully saturated rings. The first kappa shape index (κ1) is 17.1. The predicted octanol–water partition coefficient (Wildman–Crippen LogP) is 5.31. The number of fused-ring (bicyclic) bond motifs is 1. The summed E-state index contributed by atoms with van der Waals surface area (Å²) in [6, 6.07) is 13.3. The summed E-state index contributed by atoms with van der Waals surface area (Å²) in [7, 11) is 0. The first-order valence-corrected chi connectivity index (χ1v) is 8.48. The Balaban J connectivity index is 1.69. The van der Waals surface area contributed by atoms with Gasteiger partial charge in [0.25, 0.3) is 11.6 Å². The summed E-state index contributed by atoms with van der Waals surface area (Å²) < 4.78 is 5.85. The van der Waals surface area contributed by atoms with Crippen LogP contribution >= 0.6 is 11.6 Å². The third-order valence-corrected chi connectivity index (χ3v) is 4.60. The number of hydrogen-bond acceptors (Lipinski definition) is 4. The molecule has 0 unspecified atom stereocenters. The van der Waals surface area contributed by atoms with Crippen molar-refractivity contribution in [3.63, 3.8) is 0 Å². The maximum Gasteiger partial charge on any atom is 0.269 e. The molecule has 27 heavy (non-hydrogen) atoms. The van der Waals surface area contributed by atoms with Gasteiger partial charge in [-0.25, -0.2) is 0 Å². The normalized spacial score (nSPS) is 14.3. The molecule has 4 rings (SSSR count). The molecule has 0 radical (unpaired) electrons. The summed E-state index contributed by atoms with van der Waals surface area (Å²) >= 11 is 5.96. The van der Waals surface area contributed by atoms with Crippen molar-refractivity contribution in [2.45, 2.75) is 6.92 Å². The van der Waals surface area contributed by atoms with Crippen LogP contribution in [0.3, 0.4) is 0 Å². The lowest BCUT2D eigenvalue weighted by Crippen LogP contribution is -2.03. The molecule has 6 nitrogen and oxygen atoms in total. The summed E-state index contributed by atoms with van der Waals surface area (Å²) in [5, 5.41) is 14.2. The van der Waals surface area contributed by atoms with E-state index in [1.165, 1.54) is 12.1 Å². The van der Waals surface area contributed by atoms with Gasteiger partial charge in [-0.05, 0) is 48.9 Å². The molecular formula is C20H13ClN2O4. The zero-order valence-electron chi connectivity index (χ0n) is 14.2. The van der Waals surface area contributed by atoms with Crippen LogP contribution in [0.4, 0.5) is 11.4 Å². The van der Waals surface area contributed by atoms with E-state index in [0.717, 1.165) is 16.7 Å². The molecular weight excluding hydrogens is 368 g/mol. The van der Waals surface area contributed by atoms with E-state index < -0.39 is 4.92 Å². The fraction of sp³-hybridized carbons (Fsp3) is 0.0500. The second-order valence-corrected chi connectivity index (χ2v) is 6.60. The van der Waals surface area contributed by atoms with Gasteiger partial charge in [-0.2, -0.15) is 0 Å². The van der Waals surface area contributed by atoms with E-state index in [4.69, 9.17) is 16.0 Å². The number of nitrogens with one attached hydrogen (secondary N) is 1. The zero-order chi connectivity index (χ0) is 19.1. The number of benzene rings is 2. The van der Waals surface area contributed by atoms with Crippen LogP contribution in [0.1, 0.15) is 16.9 Å². The van der Waals surface area contributed by atoms with Gasteiger partial charge in [0.1, 0.15) is 11.5 Å². The van der Waals surface area contributed by atoms with Crippen molar-refractivity contribution in [1.82, 2.24) is 0 Å². The lowest BCUT2D eigenvalue weighted by molar-refractivity contribution is -0.384. The number of amides is 1. The minimum Gasteiger partial charge on any atom is -0.457 e. The standard InChI is InChI=1S/C20H13ClN2O4/c1-11-8-13(23(25)26)3-6-15(11)19-7-4-14(27-19)10-17-16-5-2-12(21)9-18(16)22-20(17)24/h2-10H,1H3,(H,22,24)/b17-10+. The molecule has 0 spiro atoms. The van der Waals surface area contributed by atoms with Crippen LogP contribution in [0.5, 0.6) is 0 Å². The second-order valence-electron chi connectivity index (χ2n) is 6.16. The fourth-order valence-corrected chi connectivity index (χ4v) is 3.24. The lowest BCUT2D eigenvalue weighted by atomic mass is 10.1. The predicted molar refractivity (Wildman–Crippen MR) is 103 cm³/mol. The number of furan rings is 1. The van der Waals surface area contributed by atoms with E-state index >= 15 is 0 Å². The average molecular weight is 381 g/mol. The molecule has 7 heteroatoms. The van der Waals surface area contributed by atoms with Crippen LogP contribution in [0.25, 0.3) is 23.0 Å². The Labute approximate surface area is 159 Å². The zero-order valence-corrected chi connectivity index (χ0v) is 14.9. The van der Waals surface area contributed by atoms with E-state index in [1.807, 2.05) is 0 Å². The summed E-state index contributed by atoms with van der Waals surface area (Å²) in [5.41, 5.74) is 3.43. The smallest absolute Gasteiger partial charge is 0.269 e. The number of halogens is 1. The van der Waals surface area contributed by atoms with Crippen molar-refractivity contribution in [3.8, 4) is 11.3 Å². The quantitative estimate of drug-likeness (QED) is 0.379. The molecule has 0 saturated carbocycles. The molecule has 0 bridgehead atoms. The van der Waals surface area contributed by atoms with Crippen molar-refractivity contribution < 1.29 is 14.1 Å². The van der Waals surface area contributed by atoms with Gasteiger partial charge >= 0.3 is 0 Å². The van der Waals surface area contributed by atoms with E-state index in [9.17, 15) is 14.9 Å². The first-order valence-electron chi connectivity index (χ1n) is 8.10. The number of aryl methyl sites for hydroxylation is 1. The largest absolute Gasteiger partial charge is 0.457 e. The van der Waals surface area contributed by atoms with Gasteiger partial charge in [0, 0.05) is 28.3 Å². The SMILES string of the molecule is Cc1cc([N+](=O)[O-])ccc1-c1ccc(/C=C2/C(=O)Nc3cc(Cl)ccc32)o1. The van der Waals surface area contributed by atoms with Gasteiger partial charge < -0.3 is 9.73 Å². The number of rotatable bonds is 3. The maximum atomic E-state index is 12.3. The third kappa shape index (κ3) is 3.11. The van der Waals surface area contributed by atoms with Crippen LogP contribution in [-0.2, 0) is 4.79 Å². The Morgan fingerprint density at radius 2 is 1.89 bits per heavy atom. The lowest BCUT2D eigenvalue weighted by Gasteiger charge is -2.02. The minimum absolute atomic E-state index is 0.0306. The van der Waals surface area contributed by atoms with Crippen molar-refractivity contribution in [2.75, 3.05) is 5.32 Å². The molecule has 2 aromatic carbocycles. The van der Waals surface area contributed by atoms with Gasteiger partial charge in [0.05, 0.1) is 16.2 Å². The van der Waals surface area contributed by atoms with Crippen molar-refractivity contribution in [2.24, 2.45) is 0 Å². The molecule has 1 aromatic heterocycles. The number of nitrogens with zero attached hydrogens (tertiary/aromatic N) is 1. The number of carbonyl (C=O) groups excluding carboxylic acids is 1. The topological polar surface area (TPSA) is 85.4 Å².